The van der Waals surface area contributed by atoms with Crippen LogP contribution in [0.5, 0.6) is 0 Å². The van der Waals surface area contributed by atoms with Crippen molar-refractivity contribution >= 4 is 34.7 Å². The third kappa shape index (κ3) is 6.81. The van der Waals surface area contributed by atoms with E-state index in [2.05, 4.69) is 27.5 Å². The van der Waals surface area contributed by atoms with E-state index in [1.807, 2.05) is 18.7 Å². The molecule has 148 valence electrons. The van der Waals surface area contributed by atoms with Crippen LogP contribution in [0.1, 0.15) is 25.8 Å². The standard InChI is InChI=1S/C16H27N5O3S.BrH/c1-4-21-9-12(14(22)20-16(21)23)8-18-15(17-5-6-24-3)19-13-7-11(2)25-10-13;/h9,11,13H,4-8,10H2,1-3H3,(H2,17,18,19)(H,20,22,23);1H. The summed E-state index contributed by atoms with van der Waals surface area (Å²) in [5, 5.41) is 7.27. The number of thioether (sulfide) groups is 1. The van der Waals surface area contributed by atoms with Crippen molar-refractivity contribution in [1.82, 2.24) is 20.2 Å². The van der Waals surface area contributed by atoms with Gasteiger partial charge in [0.1, 0.15) is 0 Å². The van der Waals surface area contributed by atoms with Gasteiger partial charge >= 0.3 is 5.69 Å². The minimum Gasteiger partial charge on any atom is -0.383 e. The monoisotopic (exact) mass is 449 g/mol. The van der Waals surface area contributed by atoms with Gasteiger partial charge in [-0.15, -0.1) is 17.0 Å². The van der Waals surface area contributed by atoms with Crippen LogP contribution in [-0.2, 0) is 17.8 Å². The molecule has 26 heavy (non-hydrogen) atoms. The van der Waals surface area contributed by atoms with Crippen molar-refractivity contribution in [2.24, 2.45) is 4.99 Å². The zero-order valence-electron chi connectivity index (χ0n) is 15.4. The number of halogens is 1. The highest BCUT2D eigenvalue weighted by Crippen LogP contribution is 2.25. The first-order chi connectivity index (χ1) is 12.0. The third-order valence-corrected chi connectivity index (χ3v) is 5.33. The van der Waals surface area contributed by atoms with Gasteiger partial charge in [-0.2, -0.15) is 11.8 Å². The Morgan fingerprint density at radius 2 is 2.27 bits per heavy atom. The van der Waals surface area contributed by atoms with Crippen LogP contribution < -0.4 is 21.9 Å². The second-order valence-electron chi connectivity index (χ2n) is 6.00. The summed E-state index contributed by atoms with van der Waals surface area (Å²) in [5.41, 5.74) is -0.322. The minimum absolute atomic E-state index is 0. The summed E-state index contributed by atoms with van der Waals surface area (Å²) in [6.07, 6.45) is 2.65. The SMILES string of the molecule is Br.CCn1cc(CN=C(NCCOC)NC2CSC(C)C2)c(=O)[nH]c1=O. The molecule has 1 aliphatic heterocycles. The van der Waals surface area contributed by atoms with E-state index in [1.54, 1.807) is 13.3 Å². The van der Waals surface area contributed by atoms with E-state index in [4.69, 9.17) is 4.74 Å². The second-order valence-corrected chi connectivity index (χ2v) is 7.48. The number of hydrogen-bond donors (Lipinski definition) is 3. The molecule has 1 fully saturated rings. The maximum absolute atomic E-state index is 12.0. The van der Waals surface area contributed by atoms with Crippen LogP contribution in [0.15, 0.2) is 20.8 Å². The van der Waals surface area contributed by atoms with Gasteiger partial charge in [-0.05, 0) is 13.3 Å². The molecule has 2 rings (SSSR count). The fourth-order valence-electron chi connectivity index (χ4n) is 2.60. The number of ether oxygens (including phenoxy) is 1. The minimum atomic E-state index is -0.395. The van der Waals surface area contributed by atoms with E-state index < -0.39 is 5.69 Å². The van der Waals surface area contributed by atoms with Crippen LogP contribution in [0, 0.1) is 0 Å². The van der Waals surface area contributed by atoms with Gasteiger partial charge in [0.25, 0.3) is 5.56 Å². The molecule has 3 N–H and O–H groups in total. The van der Waals surface area contributed by atoms with Crippen LogP contribution in [-0.4, -0.2) is 52.8 Å². The lowest BCUT2D eigenvalue weighted by atomic mass is 10.2. The van der Waals surface area contributed by atoms with E-state index in [0.29, 0.717) is 42.5 Å². The maximum Gasteiger partial charge on any atom is 0.328 e. The number of aromatic amines is 1. The first kappa shape index (κ1) is 22.8. The van der Waals surface area contributed by atoms with E-state index in [0.717, 1.165) is 12.2 Å². The topological polar surface area (TPSA) is 101 Å². The lowest BCUT2D eigenvalue weighted by molar-refractivity contribution is 0.203. The highest BCUT2D eigenvalue weighted by atomic mass is 79.9. The van der Waals surface area contributed by atoms with Crippen LogP contribution >= 0.6 is 28.7 Å². The number of aliphatic imine (C=N–C) groups is 1. The maximum atomic E-state index is 12.0. The largest absolute Gasteiger partial charge is 0.383 e. The molecule has 2 unspecified atom stereocenters. The first-order valence-electron chi connectivity index (χ1n) is 8.51. The fraction of sp³-hybridized carbons (Fsp3) is 0.688. The molecule has 2 atom stereocenters. The Morgan fingerprint density at radius 1 is 1.50 bits per heavy atom. The Hall–Kier alpha value is -1.26. The molecule has 1 aromatic heterocycles. The molecule has 10 heteroatoms. The fourth-order valence-corrected chi connectivity index (χ4v) is 3.75. The molecule has 0 aromatic carbocycles. The van der Waals surface area contributed by atoms with Crippen molar-refractivity contribution in [2.45, 2.75) is 44.6 Å². The number of aromatic nitrogens is 2. The molecular weight excluding hydrogens is 422 g/mol. The molecule has 0 radical (unpaired) electrons. The van der Waals surface area contributed by atoms with Crippen LogP contribution in [0.3, 0.4) is 0 Å². The van der Waals surface area contributed by atoms with Gasteiger partial charge < -0.3 is 19.9 Å². The van der Waals surface area contributed by atoms with Gasteiger partial charge in [0.05, 0.1) is 18.7 Å². The molecule has 2 heterocycles. The second kappa shape index (κ2) is 11.5. The average molecular weight is 450 g/mol. The molecular formula is C16H28BrN5O3S. The first-order valence-corrected chi connectivity index (χ1v) is 9.56. The van der Waals surface area contributed by atoms with Gasteiger partial charge in [0.15, 0.2) is 5.96 Å². The summed E-state index contributed by atoms with van der Waals surface area (Å²) in [4.78, 5) is 30.4. The predicted molar refractivity (Wildman–Crippen MR) is 112 cm³/mol. The number of hydrogen-bond acceptors (Lipinski definition) is 5. The lowest BCUT2D eigenvalue weighted by Crippen LogP contribution is -2.44. The van der Waals surface area contributed by atoms with Gasteiger partial charge in [-0.25, -0.2) is 9.79 Å². The van der Waals surface area contributed by atoms with E-state index in [-0.39, 0.29) is 29.1 Å². The zero-order chi connectivity index (χ0) is 18.2. The number of rotatable bonds is 7. The Bertz CT molecular complexity index is 706. The van der Waals surface area contributed by atoms with Crippen molar-refractivity contribution in [3.05, 3.63) is 32.6 Å². The number of guanidine groups is 1. The van der Waals surface area contributed by atoms with Gasteiger partial charge in [-0.3, -0.25) is 9.78 Å². The number of H-pyrrole nitrogens is 1. The predicted octanol–water partition coefficient (Wildman–Crippen LogP) is 0.710. The Morgan fingerprint density at radius 3 is 2.88 bits per heavy atom. The summed E-state index contributed by atoms with van der Waals surface area (Å²) >= 11 is 1.94. The van der Waals surface area contributed by atoms with E-state index in [1.165, 1.54) is 4.57 Å². The van der Waals surface area contributed by atoms with Gasteiger partial charge in [0.2, 0.25) is 0 Å². The van der Waals surface area contributed by atoms with Crippen molar-refractivity contribution < 1.29 is 4.74 Å². The highest BCUT2D eigenvalue weighted by molar-refractivity contribution is 8.93. The Kier molecular flexibility index (Phi) is 10.0. The smallest absolute Gasteiger partial charge is 0.328 e. The summed E-state index contributed by atoms with van der Waals surface area (Å²) < 4.78 is 6.53. The Balaban J connectivity index is 0.00000338. The lowest BCUT2D eigenvalue weighted by Gasteiger charge is -2.17. The molecule has 0 bridgehead atoms. The van der Waals surface area contributed by atoms with Crippen molar-refractivity contribution in [3.63, 3.8) is 0 Å². The van der Waals surface area contributed by atoms with Crippen molar-refractivity contribution in [1.29, 1.82) is 0 Å². The average Bonchev–Trinajstić information content (AvgIpc) is 2.99. The van der Waals surface area contributed by atoms with Crippen molar-refractivity contribution in [2.75, 3.05) is 26.0 Å². The zero-order valence-corrected chi connectivity index (χ0v) is 17.9. The van der Waals surface area contributed by atoms with Crippen LogP contribution in [0.4, 0.5) is 0 Å². The summed E-state index contributed by atoms with van der Waals surface area (Å²) in [6.45, 7) is 5.97. The number of nitrogens with zero attached hydrogens (tertiary/aromatic N) is 2. The van der Waals surface area contributed by atoms with E-state index in [9.17, 15) is 9.59 Å². The van der Waals surface area contributed by atoms with Crippen LogP contribution in [0.25, 0.3) is 0 Å². The molecule has 0 amide bonds. The van der Waals surface area contributed by atoms with Gasteiger partial charge in [-0.1, -0.05) is 6.92 Å². The van der Waals surface area contributed by atoms with Crippen molar-refractivity contribution in [3.8, 4) is 0 Å². The Labute approximate surface area is 168 Å². The molecule has 8 nitrogen and oxygen atoms in total. The number of nitrogens with one attached hydrogen (secondary N) is 3. The molecule has 0 saturated carbocycles. The number of aryl methyl sites for hydroxylation is 1. The highest BCUT2D eigenvalue weighted by Gasteiger charge is 2.22. The van der Waals surface area contributed by atoms with Gasteiger partial charge in [0, 0.05) is 43.4 Å². The summed E-state index contributed by atoms with van der Waals surface area (Å²) in [7, 11) is 1.65. The number of methoxy groups -OCH3 is 1. The van der Waals surface area contributed by atoms with Crippen LogP contribution in [0.2, 0.25) is 0 Å². The molecule has 1 saturated heterocycles. The normalized spacial score (nSPS) is 19.9. The quantitative estimate of drug-likeness (QED) is 0.322. The molecule has 0 aliphatic carbocycles. The molecule has 1 aliphatic rings. The molecule has 0 spiro atoms. The van der Waals surface area contributed by atoms with E-state index >= 15 is 0 Å². The summed E-state index contributed by atoms with van der Waals surface area (Å²) in [5.74, 6) is 1.69. The molecule has 1 aromatic rings. The summed E-state index contributed by atoms with van der Waals surface area (Å²) in [6, 6.07) is 0.358. The third-order valence-electron chi connectivity index (χ3n) is 3.97.